The average molecular weight is 428 g/mol. The van der Waals surface area contributed by atoms with Crippen molar-refractivity contribution < 1.29 is 4.79 Å². The summed E-state index contributed by atoms with van der Waals surface area (Å²) in [6, 6.07) is 2.59. The van der Waals surface area contributed by atoms with Gasteiger partial charge in [0.05, 0.1) is 10.9 Å². The molecule has 3 aromatic heterocycles. The van der Waals surface area contributed by atoms with E-state index >= 15 is 0 Å². The SMILES string of the molecule is CC1CC(NCCC(=O)Nc2sc3c(c2-c2nc4cnccc4s2)CCNC3)C1. The van der Waals surface area contributed by atoms with Crippen LogP contribution < -0.4 is 16.0 Å². The predicted octanol–water partition coefficient (Wildman–Crippen LogP) is 3.78. The Morgan fingerprint density at radius 3 is 3.07 bits per heavy atom. The summed E-state index contributed by atoms with van der Waals surface area (Å²) in [6.07, 6.45) is 7.52. The molecule has 1 aliphatic carbocycles. The molecule has 5 rings (SSSR count). The Bertz CT molecular complexity index is 1000. The van der Waals surface area contributed by atoms with E-state index in [-0.39, 0.29) is 5.91 Å². The van der Waals surface area contributed by atoms with E-state index in [1.807, 2.05) is 6.07 Å². The van der Waals surface area contributed by atoms with Crippen LogP contribution in [-0.2, 0) is 17.8 Å². The molecule has 1 aliphatic heterocycles. The number of pyridine rings is 1. The van der Waals surface area contributed by atoms with Gasteiger partial charge in [0.1, 0.15) is 15.5 Å². The Morgan fingerprint density at radius 2 is 2.24 bits per heavy atom. The topological polar surface area (TPSA) is 78.9 Å². The van der Waals surface area contributed by atoms with Crippen molar-refractivity contribution in [1.29, 1.82) is 0 Å². The molecule has 6 nitrogen and oxygen atoms in total. The van der Waals surface area contributed by atoms with Crippen molar-refractivity contribution in [2.45, 2.75) is 45.2 Å². The average Bonchev–Trinajstić information content (AvgIpc) is 3.26. The van der Waals surface area contributed by atoms with Gasteiger partial charge in [-0.1, -0.05) is 6.92 Å². The lowest BCUT2D eigenvalue weighted by Crippen LogP contribution is -2.41. The summed E-state index contributed by atoms with van der Waals surface area (Å²) in [5.41, 5.74) is 3.36. The highest BCUT2D eigenvalue weighted by molar-refractivity contribution is 7.22. The molecular formula is C21H25N5OS2. The van der Waals surface area contributed by atoms with Gasteiger partial charge in [0.25, 0.3) is 0 Å². The molecule has 0 radical (unpaired) electrons. The molecule has 0 spiro atoms. The van der Waals surface area contributed by atoms with Crippen LogP contribution in [0.3, 0.4) is 0 Å². The zero-order chi connectivity index (χ0) is 19.8. The summed E-state index contributed by atoms with van der Waals surface area (Å²) in [5.74, 6) is 0.888. The molecule has 0 atom stereocenters. The first kappa shape index (κ1) is 19.1. The first-order valence-electron chi connectivity index (χ1n) is 10.3. The number of hydrogen-bond donors (Lipinski definition) is 3. The maximum Gasteiger partial charge on any atom is 0.226 e. The molecule has 1 fully saturated rings. The second-order valence-corrected chi connectivity index (χ2v) is 10.2. The number of nitrogens with zero attached hydrogens (tertiary/aromatic N) is 2. The second kappa shape index (κ2) is 8.10. The van der Waals surface area contributed by atoms with Crippen molar-refractivity contribution in [2.24, 2.45) is 5.92 Å². The normalized spacial score (nSPS) is 21.0. The molecule has 0 unspecified atom stereocenters. The number of carbonyl (C=O) groups is 1. The molecule has 4 heterocycles. The third-order valence-corrected chi connectivity index (χ3v) is 7.94. The van der Waals surface area contributed by atoms with Gasteiger partial charge in [0, 0.05) is 42.2 Å². The van der Waals surface area contributed by atoms with Gasteiger partial charge in [-0.3, -0.25) is 9.78 Å². The minimum Gasteiger partial charge on any atom is -0.317 e. The van der Waals surface area contributed by atoms with Crippen LogP contribution in [0.25, 0.3) is 20.8 Å². The number of anilines is 1. The standard InChI is InChI=1S/C21H25N5OS2/c1-12-8-13(9-12)24-7-4-18(27)26-21-19(14-2-5-23-11-17(14)29-21)20-25-15-10-22-6-3-16(15)28-20/h3,6,10,12-13,23-24H,2,4-5,7-9,11H2,1H3,(H,26,27). The molecule has 29 heavy (non-hydrogen) atoms. The summed E-state index contributed by atoms with van der Waals surface area (Å²) in [7, 11) is 0. The third-order valence-electron chi connectivity index (χ3n) is 5.74. The van der Waals surface area contributed by atoms with Crippen LogP contribution in [0.4, 0.5) is 5.00 Å². The van der Waals surface area contributed by atoms with Crippen molar-refractivity contribution in [3.8, 4) is 10.6 Å². The first-order valence-corrected chi connectivity index (χ1v) is 11.9. The van der Waals surface area contributed by atoms with E-state index in [0.717, 1.165) is 57.8 Å². The predicted molar refractivity (Wildman–Crippen MR) is 120 cm³/mol. The van der Waals surface area contributed by atoms with Crippen molar-refractivity contribution >= 4 is 43.8 Å². The molecule has 1 amide bonds. The summed E-state index contributed by atoms with van der Waals surface area (Å²) in [4.78, 5) is 23.0. The van der Waals surface area contributed by atoms with Gasteiger partial charge in [-0.25, -0.2) is 4.98 Å². The Labute approximate surface area is 178 Å². The van der Waals surface area contributed by atoms with E-state index in [0.29, 0.717) is 12.5 Å². The van der Waals surface area contributed by atoms with Crippen LogP contribution >= 0.6 is 22.7 Å². The van der Waals surface area contributed by atoms with Crippen molar-refractivity contribution in [2.75, 3.05) is 18.4 Å². The molecular weight excluding hydrogens is 402 g/mol. The molecule has 152 valence electrons. The number of thiazole rings is 1. The molecule has 3 aromatic rings. The molecule has 8 heteroatoms. The Kier molecular flexibility index (Phi) is 5.34. The molecule has 1 saturated carbocycles. The molecule has 0 saturated heterocycles. The van der Waals surface area contributed by atoms with E-state index in [1.54, 1.807) is 35.1 Å². The molecule has 3 N–H and O–H groups in total. The number of carbonyl (C=O) groups excluding carboxylic acids is 1. The molecule has 0 bridgehead atoms. The maximum atomic E-state index is 12.6. The Morgan fingerprint density at radius 1 is 1.34 bits per heavy atom. The number of fused-ring (bicyclic) bond motifs is 2. The van der Waals surface area contributed by atoms with E-state index in [9.17, 15) is 4.79 Å². The zero-order valence-electron chi connectivity index (χ0n) is 16.5. The van der Waals surface area contributed by atoms with Crippen LogP contribution in [0.1, 0.15) is 36.6 Å². The molecule has 0 aromatic carbocycles. The number of nitrogens with one attached hydrogen (secondary N) is 3. The third kappa shape index (κ3) is 3.94. The highest BCUT2D eigenvalue weighted by Gasteiger charge is 2.26. The van der Waals surface area contributed by atoms with Crippen LogP contribution in [0, 0.1) is 5.92 Å². The highest BCUT2D eigenvalue weighted by atomic mass is 32.1. The summed E-state index contributed by atoms with van der Waals surface area (Å²) >= 11 is 3.36. The van der Waals surface area contributed by atoms with E-state index in [2.05, 4.69) is 27.9 Å². The van der Waals surface area contributed by atoms with Crippen molar-refractivity contribution in [3.05, 3.63) is 28.9 Å². The van der Waals surface area contributed by atoms with Crippen molar-refractivity contribution in [1.82, 2.24) is 20.6 Å². The van der Waals surface area contributed by atoms with Crippen LogP contribution in [-0.4, -0.2) is 35.0 Å². The van der Waals surface area contributed by atoms with Crippen LogP contribution in [0.5, 0.6) is 0 Å². The van der Waals surface area contributed by atoms with Gasteiger partial charge in [0.2, 0.25) is 5.91 Å². The lowest BCUT2D eigenvalue weighted by Gasteiger charge is -2.33. The number of aromatic nitrogens is 2. The minimum absolute atomic E-state index is 0.0699. The van der Waals surface area contributed by atoms with Gasteiger partial charge >= 0.3 is 0 Å². The smallest absolute Gasteiger partial charge is 0.226 e. The largest absolute Gasteiger partial charge is 0.317 e. The van der Waals surface area contributed by atoms with Crippen molar-refractivity contribution in [3.63, 3.8) is 0 Å². The zero-order valence-corrected chi connectivity index (χ0v) is 18.1. The monoisotopic (exact) mass is 427 g/mol. The maximum absolute atomic E-state index is 12.6. The summed E-state index contributed by atoms with van der Waals surface area (Å²) < 4.78 is 1.13. The van der Waals surface area contributed by atoms with E-state index < -0.39 is 0 Å². The van der Waals surface area contributed by atoms with Crippen LogP contribution in [0.15, 0.2) is 18.5 Å². The summed E-state index contributed by atoms with van der Waals surface area (Å²) in [6.45, 7) is 4.83. The molecule has 2 aliphatic rings. The van der Waals surface area contributed by atoms with Crippen LogP contribution in [0.2, 0.25) is 0 Å². The lowest BCUT2D eigenvalue weighted by atomic mass is 9.82. The number of rotatable bonds is 6. The highest BCUT2D eigenvalue weighted by Crippen LogP contribution is 2.44. The fourth-order valence-electron chi connectivity index (χ4n) is 4.18. The van der Waals surface area contributed by atoms with Gasteiger partial charge in [0.15, 0.2) is 0 Å². The van der Waals surface area contributed by atoms with Gasteiger partial charge in [-0.15, -0.1) is 22.7 Å². The van der Waals surface area contributed by atoms with Gasteiger partial charge in [-0.05, 0) is 43.4 Å². The fraction of sp³-hybridized carbons (Fsp3) is 0.476. The van der Waals surface area contributed by atoms with E-state index in [4.69, 9.17) is 4.98 Å². The van der Waals surface area contributed by atoms with Gasteiger partial charge < -0.3 is 16.0 Å². The lowest BCUT2D eigenvalue weighted by molar-refractivity contribution is -0.116. The Balaban J connectivity index is 1.36. The first-order chi connectivity index (χ1) is 14.2. The minimum atomic E-state index is 0.0699. The Hall–Kier alpha value is -1.87. The quantitative estimate of drug-likeness (QED) is 0.558. The number of thiophene rings is 1. The second-order valence-electron chi connectivity index (χ2n) is 8.02. The number of hydrogen-bond acceptors (Lipinski definition) is 7. The van der Waals surface area contributed by atoms with E-state index in [1.165, 1.54) is 23.3 Å². The fourth-order valence-corrected chi connectivity index (χ4v) is 6.49. The van der Waals surface area contributed by atoms with Gasteiger partial charge in [-0.2, -0.15) is 0 Å². The number of amides is 1. The summed E-state index contributed by atoms with van der Waals surface area (Å²) in [5, 5.41) is 12.0.